The quantitative estimate of drug-likeness (QED) is 0.699. The molecule has 2 aromatic rings. The number of nitrogen functional groups attached to an aromatic ring is 1. The smallest absolute Gasteiger partial charge is 0.368 e. The van der Waals surface area contributed by atoms with E-state index in [2.05, 4.69) is 10.3 Å². The zero-order chi connectivity index (χ0) is 18.8. The van der Waals surface area contributed by atoms with E-state index in [0.717, 1.165) is 11.3 Å². The lowest BCUT2D eigenvalue weighted by Gasteiger charge is -2.18. The van der Waals surface area contributed by atoms with Gasteiger partial charge in [-0.3, -0.25) is 4.79 Å². The standard InChI is InChI=1S/C16H18ClN3O4S/c1-16(2,3)24-15(23)14-20-12(18)11(25-14)10(21)13(22)19-9-6-4-5-8(17)7-9/h4-7,10,21H,18H2,1-3H3,(H,19,22). The van der Waals surface area contributed by atoms with Crippen molar-refractivity contribution in [3.05, 3.63) is 39.2 Å². The minimum absolute atomic E-state index is 0.0305. The number of anilines is 2. The summed E-state index contributed by atoms with van der Waals surface area (Å²) in [7, 11) is 0. The summed E-state index contributed by atoms with van der Waals surface area (Å²) in [6.45, 7) is 5.15. The Morgan fingerprint density at radius 1 is 1.40 bits per heavy atom. The lowest BCUT2D eigenvalue weighted by Crippen LogP contribution is -2.23. The second kappa shape index (κ2) is 7.38. The van der Waals surface area contributed by atoms with Crippen LogP contribution in [0.25, 0.3) is 0 Å². The molecule has 0 saturated heterocycles. The van der Waals surface area contributed by atoms with Gasteiger partial charge in [0.25, 0.3) is 5.91 Å². The van der Waals surface area contributed by atoms with Crippen molar-refractivity contribution in [3.63, 3.8) is 0 Å². The minimum atomic E-state index is -1.58. The van der Waals surface area contributed by atoms with Gasteiger partial charge in [0, 0.05) is 10.7 Å². The van der Waals surface area contributed by atoms with Crippen LogP contribution in [-0.4, -0.2) is 27.6 Å². The van der Waals surface area contributed by atoms with Gasteiger partial charge < -0.3 is 20.9 Å². The highest BCUT2D eigenvalue weighted by atomic mass is 35.5. The van der Waals surface area contributed by atoms with Crippen molar-refractivity contribution in [2.45, 2.75) is 32.5 Å². The summed E-state index contributed by atoms with van der Waals surface area (Å²) in [5.41, 5.74) is 5.46. The molecule has 1 atom stereocenters. The number of nitrogens with one attached hydrogen (secondary N) is 1. The first kappa shape index (κ1) is 19.2. The van der Waals surface area contributed by atoms with Crippen molar-refractivity contribution in [3.8, 4) is 0 Å². The third-order valence-corrected chi connectivity index (χ3v) is 4.18. The lowest BCUT2D eigenvalue weighted by molar-refractivity contribution is -0.124. The fourth-order valence-electron chi connectivity index (χ4n) is 1.84. The number of ether oxygens (including phenoxy) is 1. The summed E-state index contributed by atoms with van der Waals surface area (Å²) in [4.78, 5) is 28.2. The Morgan fingerprint density at radius 3 is 2.68 bits per heavy atom. The van der Waals surface area contributed by atoms with E-state index < -0.39 is 23.6 Å². The third-order valence-electron chi connectivity index (χ3n) is 2.84. The second-order valence-corrected chi connectivity index (χ2v) is 7.64. The molecule has 25 heavy (non-hydrogen) atoms. The number of nitrogens with two attached hydrogens (primary N) is 1. The van der Waals surface area contributed by atoms with Crippen LogP contribution in [0.2, 0.25) is 5.02 Å². The molecule has 134 valence electrons. The van der Waals surface area contributed by atoms with Gasteiger partial charge in [-0.05, 0) is 39.0 Å². The van der Waals surface area contributed by atoms with E-state index in [0.29, 0.717) is 10.7 Å². The van der Waals surface area contributed by atoms with Crippen LogP contribution in [0.3, 0.4) is 0 Å². The Labute approximate surface area is 153 Å². The van der Waals surface area contributed by atoms with E-state index in [4.69, 9.17) is 22.1 Å². The molecule has 0 radical (unpaired) electrons. The summed E-state index contributed by atoms with van der Waals surface area (Å²) in [5, 5.41) is 13.2. The predicted molar refractivity (Wildman–Crippen MR) is 96.7 cm³/mol. The fourth-order valence-corrected chi connectivity index (χ4v) is 2.88. The number of rotatable bonds is 4. The number of esters is 1. The van der Waals surface area contributed by atoms with Crippen molar-refractivity contribution < 1.29 is 19.4 Å². The first-order valence-corrected chi connectivity index (χ1v) is 8.50. The average molecular weight is 384 g/mol. The average Bonchev–Trinajstić information content (AvgIpc) is 2.87. The van der Waals surface area contributed by atoms with Crippen LogP contribution in [0.4, 0.5) is 11.5 Å². The van der Waals surface area contributed by atoms with Gasteiger partial charge in [0.15, 0.2) is 6.10 Å². The molecule has 1 amide bonds. The molecule has 9 heteroatoms. The number of amides is 1. The minimum Gasteiger partial charge on any atom is -0.455 e. The van der Waals surface area contributed by atoms with Crippen molar-refractivity contribution in [1.29, 1.82) is 0 Å². The number of benzene rings is 1. The number of aliphatic hydroxyl groups is 1. The number of aromatic nitrogens is 1. The summed E-state index contributed by atoms with van der Waals surface area (Å²) < 4.78 is 5.20. The van der Waals surface area contributed by atoms with Crippen LogP contribution in [0.1, 0.15) is 41.6 Å². The summed E-state index contributed by atoms with van der Waals surface area (Å²) in [5.74, 6) is -1.48. The van der Waals surface area contributed by atoms with Crippen LogP contribution in [0.5, 0.6) is 0 Å². The van der Waals surface area contributed by atoms with Gasteiger partial charge in [-0.2, -0.15) is 0 Å². The van der Waals surface area contributed by atoms with Crippen LogP contribution >= 0.6 is 22.9 Å². The Kier molecular flexibility index (Phi) is 5.66. The highest BCUT2D eigenvalue weighted by Gasteiger charge is 2.28. The van der Waals surface area contributed by atoms with Gasteiger partial charge in [0.2, 0.25) is 5.01 Å². The zero-order valence-corrected chi connectivity index (χ0v) is 15.4. The van der Waals surface area contributed by atoms with Crippen molar-refractivity contribution >= 4 is 46.3 Å². The van der Waals surface area contributed by atoms with E-state index in [1.807, 2.05) is 0 Å². The maximum Gasteiger partial charge on any atom is 0.368 e. The topological polar surface area (TPSA) is 115 Å². The molecule has 0 fully saturated rings. The molecule has 2 rings (SSSR count). The van der Waals surface area contributed by atoms with Crippen LogP contribution < -0.4 is 11.1 Å². The Balaban J connectivity index is 2.15. The molecule has 0 aliphatic carbocycles. The van der Waals surface area contributed by atoms with E-state index >= 15 is 0 Å². The molecule has 1 aromatic heterocycles. The number of halogens is 1. The molecule has 0 saturated carbocycles. The SMILES string of the molecule is CC(C)(C)OC(=O)c1nc(N)c(C(O)C(=O)Nc2cccc(Cl)c2)s1. The monoisotopic (exact) mass is 383 g/mol. The largest absolute Gasteiger partial charge is 0.455 e. The maximum atomic E-state index is 12.2. The molecule has 4 N–H and O–H groups in total. The van der Waals surface area contributed by atoms with Gasteiger partial charge in [0.1, 0.15) is 11.4 Å². The second-order valence-electron chi connectivity index (χ2n) is 6.17. The number of thiazole rings is 1. The molecule has 0 aliphatic heterocycles. The Morgan fingerprint density at radius 2 is 2.08 bits per heavy atom. The molecular weight excluding hydrogens is 366 g/mol. The number of carbonyl (C=O) groups is 2. The first-order chi connectivity index (χ1) is 11.6. The summed E-state index contributed by atoms with van der Waals surface area (Å²) in [6.07, 6.45) is -1.58. The summed E-state index contributed by atoms with van der Waals surface area (Å²) >= 11 is 6.66. The molecule has 1 heterocycles. The zero-order valence-electron chi connectivity index (χ0n) is 13.9. The number of hydrogen-bond acceptors (Lipinski definition) is 7. The lowest BCUT2D eigenvalue weighted by atomic mass is 10.2. The van der Waals surface area contributed by atoms with Gasteiger partial charge in [-0.25, -0.2) is 9.78 Å². The predicted octanol–water partition coefficient (Wildman–Crippen LogP) is 3.01. The van der Waals surface area contributed by atoms with Gasteiger partial charge in [-0.1, -0.05) is 17.7 Å². The number of aliphatic hydroxyl groups excluding tert-OH is 1. The number of carbonyl (C=O) groups excluding carboxylic acids is 2. The van der Waals surface area contributed by atoms with Crippen molar-refractivity contribution in [1.82, 2.24) is 4.98 Å². The Hall–Kier alpha value is -2.16. The van der Waals surface area contributed by atoms with E-state index in [-0.39, 0.29) is 15.7 Å². The van der Waals surface area contributed by atoms with Crippen molar-refractivity contribution in [2.24, 2.45) is 0 Å². The molecule has 1 unspecified atom stereocenters. The van der Waals surface area contributed by atoms with E-state index in [1.54, 1.807) is 39.0 Å². The normalized spacial score (nSPS) is 12.5. The fraction of sp³-hybridized carbons (Fsp3) is 0.312. The molecular formula is C16H18ClN3O4S. The van der Waals surface area contributed by atoms with Gasteiger partial charge in [0.05, 0.1) is 4.88 Å². The van der Waals surface area contributed by atoms with Gasteiger partial charge in [-0.15, -0.1) is 11.3 Å². The van der Waals surface area contributed by atoms with E-state index in [1.165, 1.54) is 6.07 Å². The third kappa shape index (κ3) is 5.15. The first-order valence-electron chi connectivity index (χ1n) is 7.31. The van der Waals surface area contributed by atoms with E-state index in [9.17, 15) is 14.7 Å². The molecule has 1 aromatic carbocycles. The molecule has 0 aliphatic rings. The number of hydrogen-bond donors (Lipinski definition) is 3. The maximum absolute atomic E-state index is 12.2. The molecule has 0 spiro atoms. The molecule has 0 bridgehead atoms. The van der Waals surface area contributed by atoms with Crippen molar-refractivity contribution in [2.75, 3.05) is 11.1 Å². The molecule has 7 nitrogen and oxygen atoms in total. The van der Waals surface area contributed by atoms with Gasteiger partial charge >= 0.3 is 5.97 Å². The Bertz CT molecular complexity index is 801. The highest BCUT2D eigenvalue weighted by molar-refractivity contribution is 7.14. The highest BCUT2D eigenvalue weighted by Crippen LogP contribution is 2.30. The van der Waals surface area contributed by atoms with Crippen LogP contribution in [-0.2, 0) is 9.53 Å². The van der Waals surface area contributed by atoms with Crippen LogP contribution in [0.15, 0.2) is 24.3 Å². The summed E-state index contributed by atoms with van der Waals surface area (Å²) in [6, 6.07) is 6.47. The number of nitrogens with zero attached hydrogens (tertiary/aromatic N) is 1. The van der Waals surface area contributed by atoms with Crippen LogP contribution in [0, 0.1) is 0 Å².